The summed E-state index contributed by atoms with van der Waals surface area (Å²) in [7, 11) is 0. The van der Waals surface area contributed by atoms with E-state index in [1.807, 2.05) is 30.3 Å². The third-order valence-electron chi connectivity index (χ3n) is 2.70. The van der Waals surface area contributed by atoms with Gasteiger partial charge in [-0.3, -0.25) is 0 Å². The molecule has 1 aromatic heterocycles. The maximum Gasteiger partial charge on any atom is 0.265 e. The quantitative estimate of drug-likeness (QED) is 0.856. The Morgan fingerprint density at radius 1 is 1.26 bits per heavy atom. The fourth-order valence-electron chi connectivity index (χ4n) is 1.83. The lowest BCUT2D eigenvalue weighted by molar-refractivity contribution is 0.151. The number of hydrogen-bond acceptors (Lipinski definition) is 2. The molecule has 2 rings (SSSR count). The second kappa shape index (κ2) is 5.72. The molecular weight excluding hydrogens is 266 g/mol. The predicted octanol–water partition coefficient (Wildman–Crippen LogP) is 4.14. The fourth-order valence-corrected chi connectivity index (χ4v) is 2.13. The van der Waals surface area contributed by atoms with Crippen molar-refractivity contribution in [1.29, 1.82) is 5.26 Å². The summed E-state index contributed by atoms with van der Waals surface area (Å²) in [5.74, 6) is 0. The minimum Gasteiger partial charge on any atom is -0.349 e. The van der Waals surface area contributed by atoms with E-state index in [1.165, 1.54) is 6.07 Å². The van der Waals surface area contributed by atoms with Crippen LogP contribution in [0, 0.1) is 16.0 Å². The van der Waals surface area contributed by atoms with Crippen molar-refractivity contribution >= 4 is 12.2 Å². The van der Waals surface area contributed by atoms with E-state index in [1.54, 1.807) is 6.07 Å². The first kappa shape index (κ1) is 13.4. The minimum absolute atomic E-state index is 0.0613. The minimum atomic E-state index is -2.71. The molecule has 0 aliphatic heterocycles. The number of pyridine rings is 1. The molecule has 0 aliphatic carbocycles. The largest absolute Gasteiger partial charge is 0.349 e. The van der Waals surface area contributed by atoms with Crippen molar-refractivity contribution in [2.75, 3.05) is 0 Å². The number of H-pyrrole nitrogens is 1. The second-order valence-corrected chi connectivity index (χ2v) is 4.44. The number of rotatable bonds is 3. The highest BCUT2D eigenvalue weighted by Crippen LogP contribution is 2.24. The number of nitrogens with zero attached hydrogens (tertiary/aromatic N) is 1. The molecule has 1 aromatic carbocycles. The average molecular weight is 276 g/mol. The zero-order valence-electron chi connectivity index (χ0n) is 9.86. The van der Waals surface area contributed by atoms with Crippen LogP contribution < -0.4 is 0 Å². The zero-order valence-corrected chi connectivity index (χ0v) is 10.7. The van der Waals surface area contributed by atoms with Crippen LogP contribution in [0.5, 0.6) is 0 Å². The number of aromatic nitrogens is 1. The molecular formula is C14H10F2N2S. The SMILES string of the molecule is N#Cc1c(C(F)F)cc(Cc2ccccc2)[nH]c1=S. The number of hydrogen-bond donors (Lipinski definition) is 1. The number of nitrogens with one attached hydrogen (secondary N) is 1. The summed E-state index contributed by atoms with van der Waals surface area (Å²) in [5.41, 5.74) is 1.10. The van der Waals surface area contributed by atoms with Crippen molar-refractivity contribution < 1.29 is 8.78 Å². The molecule has 0 saturated heterocycles. The molecule has 2 nitrogen and oxygen atoms in total. The van der Waals surface area contributed by atoms with Gasteiger partial charge in [0, 0.05) is 17.7 Å². The molecule has 19 heavy (non-hydrogen) atoms. The first-order valence-corrected chi connectivity index (χ1v) is 6.01. The van der Waals surface area contributed by atoms with Gasteiger partial charge in [0.15, 0.2) is 0 Å². The van der Waals surface area contributed by atoms with Gasteiger partial charge in [-0.05, 0) is 11.6 Å². The van der Waals surface area contributed by atoms with Gasteiger partial charge in [0.25, 0.3) is 6.43 Å². The van der Waals surface area contributed by atoms with Gasteiger partial charge in [0.2, 0.25) is 0 Å². The van der Waals surface area contributed by atoms with Crippen LogP contribution in [0.15, 0.2) is 36.4 Å². The lowest BCUT2D eigenvalue weighted by Gasteiger charge is -2.08. The number of nitriles is 1. The Morgan fingerprint density at radius 2 is 1.95 bits per heavy atom. The molecule has 0 bridgehead atoms. The molecule has 2 aromatic rings. The fraction of sp³-hybridized carbons (Fsp3) is 0.143. The molecule has 0 aliphatic rings. The van der Waals surface area contributed by atoms with Gasteiger partial charge < -0.3 is 4.98 Å². The van der Waals surface area contributed by atoms with Gasteiger partial charge in [-0.25, -0.2) is 8.78 Å². The molecule has 1 N–H and O–H groups in total. The maximum absolute atomic E-state index is 12.9. The normalized spacial score (nSPS) is 10.4. The molecule has 0 atom stereocenters. The Hall–Kier alpha value is -2.06. The van der Waals surface area contributed by atoms with Crippen LogP contribution in [0.25, 0.3) is 0 Å². The molecule has 0 spiro atoms. The molecule has 0 unspecified atom stereocenters. The Morgan fingerprint density at radius 3 is 2.53 bits per heavy atom. The summed E-state index contributed by atoms with van der Waals surface area (Å²) < 4.78 is 25.9. The standard InChI is InChI=1S/C14H10F2N2S/c15-13(16)11-7-10(18-14(19)12(11)8-17)6-9-4-2-1-3-5-9/h1-5,7,13H,6H2,(H,18,19). The van der Waals surface area contributed by atoms with Crippen molar-refractivity contribution in [3.05, 3.63) is 63.4 Å². The van der Waals surface area contributed by atoms with E-state index >= 15 is 0 Å². The highest BCUT2D eigenvalue weighted by Gasteiger charge is 2.15. The Bertz CT molecular complexity index is 672. The van der Waals surface area contributed by atoms with Gasteiger partial charge in [0.1, 0.15) is 10.7 Å². The van der Waals surface area contributed by atoms with Crippen LogP contribution in [0.1, 0.15) is 28.8 Å². The number of halogens is 2. The topological polar surface area (TPSA) is 39.6 Å². The summed E-state index contributed by atoms with van der Waals surface area (Å²) in [6, 6.07) is 12.5. The van der Waals surface area contributed by atoms with E-state index in [0.717, 1.165) is 5.56 Å². The van der Waals surface area contributed by atoms with E-state index in [2.05, 4.69) is 4.98 Å². The van der Waals surface area contributed by atoms with E-state index in [9.17, 15) is 8.78 Å². The summed E-state index contributed by atoms with van der Waals surface area (Å²) in [6.45, 7) is 0. The summed E-state index contributed by atoms with van der Waals surface area (Å²) in [4.78, 5) is 2.83. The molecule has 0 saturated carbocycles. The van der Waals surface area contributed by atoms with Crippen molar-refractivity contribution in [3.8, 4) is 6.07 Å². The van der Waals surface area contributed by atoms with Crippen LogP contribution in [0.4, 0.5) is 8.78 Å². The lowest BCUT2D eigenvalue weighted by Crippen LogP contribution is -2.00. The first-order chi connectivity index (χ1) is 9.11. The summed E-state index contributed by atoms with van der Waals surface area (Å²) in [6.07, 6.45) is -2.24. The monoisotopic (exact) mass is 276 g/mol. The van der Waals surface area contributed by atoms with Crippen molar-refractivity contribution in [2.45, 2.75) is 12.8 Å². The molecule has 0 fully saturated rings. The lowest BCUT2D eigenvalue weighted by atomic mass is 10.1. The Labute approximate surface area is 114 Å². The molecule has 1 heterocycles. The molecule has 96 valence electrons. The van der Waals surface area contributed by atoms with Gasteiger partial charge in [-0.1, -0.05) is 42.5 Å². The summed E-state index contributed by atoms with van der Waals surface area (Å²) >= 11 is 4.95. The zero-order chi connectivity index (χ0) is 13.8. The Kier molecular flexibility index (Phi) is 4.03. The average Bonchev–Trinajstić information content (AvgIpc) is 2.39. The van der Waals surface area contributed by atoms with E-state index in [4.69, 9.17) is 17.5 Å². The number of aromatic amines is 1. The third-order valence-corrected chi connectivity index (χ3v) is 3.01. The van der Waals surface area contributed by atoms with Crippen LogP contribution in [-0.4, -0.2) is 4.98 Å². The second-order valence-electron chi connectivity index (χ2n) is 4.03. The first-order valence-electron chi connectivity index (χ1n) is 5.60. The van der Waals surface area contributed by atoms with Crippen LogP contribution in [-0.2, 0) is 6.42 Å². The van der Waals surface area contributed by atoms with Gasteiger partial charge in [0.05, 0.1) is 5.56 Å². The molecule has 0 radical (unpaired) electrons. The molecule has 5 heteroatoms. The van der Waals surface area contributed by atoms with Crippen LogP contribution >= 0.6 is 12.2 Å². The Balaban J connectivity index is 2.44. The van der Waals surface area contributed by atoms with E-state index in [0.29, 0.717) is 12.1 Å². The van der Waals surface area contributed by atoms with E-state index < -0.39 is 6.43 Å². The van der Waals surface area contributed by atoms with Crippen molar-refractivity contribution in [2.24, 2.45) is 0 Å². The predicted molar refractivity (Wildman–Crippen MR) is 70.5 cm³/mol. The highest BCUT2D eigenvalue weighted by molar-refractivity contribution is 7.71. The van der Waals surface area contributed by atoms with Gasteiger partial charge in [-0.2, -0.15) is 5.26 Å². The van der Waals surface area contributed by atoms with Gasteiger partial charge in [-0.15, -0.1) is 0 Å². The highest BCUT2D eigenvalue weighted by atomic mass is 32.1. The van der Waals surface area contributed by atoms with Crippen LogP contribution in [0.3, 0.4) is 0 Å². The van der Waals surface area contributed by atoms with Crippen LogP contribution in [0.2, 0.25) is 0 Å². The van der Waals surface area contributed by atoms with Gasteiger partial charge >= 0.3 is 0 Å². The number of alkyl halides is 2. The smallest absolute Gasteiger partial charge is 0.265 e. The number of benzene rings is 1. The maximum atomic E-state index is 12.9. The van der Waals surface area contributed by atoms with Crippen molar-refractivity contribution in [1.82, 2.24) is 4.98 Å². The van der Waals surface area contributed by atoms with Crippen molar-refractivity contribution in [3.63, 3.8) is 0 Å². The molecule has 0 amide bonds. The third kappa shape index (κ3) is 3.04. The van der Waals surface area contributed by atoms with E-state index in [-0.39, 0.29) is 15.8 Å². The summed E-state index contributed by atoms with van der Waals surface area (Å²) in [5, 5.41) is 8.86.